The molecule has 2 aromatic heterocycles. The van der Waals surface area contributed by atoms with Crippen LogP contribution in [0.15, 0.2) is 35.7 Å². The highest BCUT2D eigenvalue weighted by Gasteiger charge is 2.24. The summed E-state index contributed by atoms with van der Waals surface area (Å²) in [6.45, 7) is 5.31. The van der Waals surface area contributed by atoms with Gasteiger partial charge in [-0.2, -0.15) is 0 Å². The van der Waals surface area contributed by atoms with Crippen LogP contribution in [-0.4, -0.2) is 47.2 Å². The van der Waals surface area contributed by atoms with Gasteiger partial charge in [0.05, 0.1) is 12.3 Å². The molecule has 1 aromatic carbocycles. The number of amides is 1. The van der Waals surface area contributed by atoms with Gasteiger partial charge in [0.2, 0.25) is 0 Å². The molecule has 0 radical (unpaired) electrons. The molecule has 0 saturated carbocycles. The molecular weight excluding hydrogens is 358 g/mol. The van der Waals surface area contributed by atoms with Gasteiger partial charge in [-0.1, -0.05) is 25.1 Å². The van der Waals surface area contributed by atoms with Gasteiger partial charge in [0, 0.05) is 43.0 Å². The quantitative estimate of drug-likeness (QED) is 0.661. The number of benzene rings is 1. The van der Waals surface area contributed by atoms with E-state index in [1.165, 1.54) is 16.7 Å². The highest BCUT2D eigenvalue weighted by Crippen LogP contribution is 2.31. The minimum atomic E-state index is 0.0592. The van der Waals surface area contributed by atoms with E-state index in [-0.39, 0.29) is 5.91 Å². The van der Waals surface area contributed by atoms with Crippen LogP contribution < -0.4 is 0 Å². The number of rotatable bonds is 5. The summed E-state index contributed by atoms with van der Waals surface area (Å²) < 4.78 is 7.52. The van der Waals surface area contributed by atoms with E-state index in [1.807, 2.05) is 22.4 Å². The summed E-state index contributed by atoms with van der Waals surface area (Å²) >= 11 is 1.54. The summed E-state index contributed by atoms with van der Waals surface area (Å²) in [6, 6.07) is 10.5. The van der Waals surface area contributed by atoms with Crippen molar-refractivity contribution in [1.29, 1.82) is 0 Å². The molecule has 1 aliphatic heterocycles. The van der Waals surface area contributed by atoms with Gasteiger partial charge in [-0.25, -0.2) is 4.98 Å². The minimum Gasteiger partial charge on any atom is -0.383 e. The van der Waals surface area contributed by atoms with E-state index in [0.717, 1.165) is 48.7 Å². The first-order valence-corrected chi connectivity index (χ1v) is 10.4. The molecule has 1 fully saturated rings. The molecule has 0 spiro atoms. The smallest absolute Gasteiger partial charge is 0.273 e. The van der Waals surface area contributed by atoms with E-state index in [1.54, 1.807) is 7.11 Å². The van der Waals surface area contributed by atoms with Crippen LogP contribution in [0.4, 0.5) is 0 Å². The van der Waals surface area contributed by atoms with Crippen molar-refractivity contribution >= 4 is 28.1 Å². The predicted molar refractivity (Wildman–Crippen MR) is 109 cm³/mol. The first-order valence-electron chi connectivity index (χ1n) is 9.49. The Hall–Kier alpha value is -2.18. The van der Waals surface area contributed by atoms with Gasteiger partial charge in [0.25, 0.3) is 5.91 Å². The summed E-state index contributed by atoms with van der Waals surface area (Å²) in [6.07, 6.45) is 2.15. The fraction of sp³-hybridized carbons (Fsp3) is 0.429. The largest absolute Gasteiger partial charge is 0.383 e. The Morgan fingerprint density at radius 3 is 2.85 bits per heavy atom. The summed E-state index contributed by atoms with van der Waals surface area (Å²) in [5, 5.41) is 3.96. The predicted octanol–water partition coefficient (Wildman–Crippen LogP) is 4.28. The molecule has 0 aliphatic carbocycles. The number of methoxy groups -OCH3 is 1. The molecule has 5 nitrogen and oxygen atoms in total. The van der Waals surface area contributed by atoms with Crippen molar-refractivity contribution in [3.63, 3.8) is 0 Å². The van der Waals surface area contributed by atoms with Crippen molar-refractivity contribution in [2.45, 2.75) is 26.3 Å². The Kier molecular flexibility index (Phi) is 5.27. The second-order valence-electron chi connectivity index (χ2n) is 7.25. The van der Waals surface area contributed by atoms with E-state index < -0.39 is 0 Å². The standard InChI is InChI=1S/C21H25N3O2S/c1-15-7-9-23(10-8-15)21(25)17-14-27-20(22-17)19-13-16-5-3-4-6-18(16)24(19)11-12-26-2/h3-6,13-15H,7-12H2,1-2H3. The van der Waals surface area contributed by atoms with E-state index >= 15 is 0 Å². The number of aromatic nitrogens is 2. The molecule has 0 atom stereocenters. The maximum atomic E-state index is 12.8. The number of piperidine rings is 1. The van der Waals surface area contributed by atoms with E-state index in [9.17, 15) is 4.79 Å². The lowest BCUT2D eigenvalue weighted by molar-refractivity contribution is 0.0692. The van der Waals surface area contributed by atoms with Crippen molar-refractivity contribution in [3.8, 4) is 10.7 Å². The van der Waals surface area contributed by atoms with Crippen LogP contribution >= 0.6 is 11.3 Å². The van der Waals surface area contributed by atoms with Gasteiger partial charge in [-0.15, -0.1) is 11.3 Å². The molecule has 0 bridgehead atoms. The van der Waals surface area contributed by atoms with Crippen molar-refractivity contribution in [2.24, 2.45) is 5.92 Å². The van der Waals surface area contributed by atoms with Crippen molar-refractivity contribution in [2.75, 3.05) is 26.8 Å². The van der Waals surface area contributed by atoms with Gasteiger partial charge >= 0.3 is 0 Å². The molecule has 4 rings (SSSR count). The molecule has 3 aromatic rings. The zero-order chi connectivity index (χ0) is 18.8. The van der Waals surface area contributed by atoms with Crippen LogP contribution in [-0.2, 0) is 11.3 Å². The molecule has 1 saturated heterocycles. The third-order valence-corrected chi connectivity index (χ3v) is 6.21. The Bertz CT molecular complexity index is 938. The molecule has 0 N–H and O–H groups in total. The Morgan fingerprint density at radius 1 is 1.30 bits per heavy atom. The molecule has 1 amide bonds. The molecule has 6 heteroatoms. The average Bonchev–Trinajstić information content (AvgIpc) is 3.31. The topological polar surface area (TPSA) is 47.4 Å². The monoisotopic (exact) mass is 383 g/mol. The third kappa shape index (κ3) is 3.64. The van der Waals surface area contributed by atoms with Gasteiger partial charge in [-0.3, -0.25) is 4.79 Å². The average molecular weight is 384 g/mol. The number of para-hydroxylation sites is 1. The third-order valence-electron chi connectivity index (χ3n) is 5.34. The van der Waals surface area contributed by atoms with Gasteiger partial charge in [0.1, 0.15) is 10.7 Å². The van der Waals surface area contributed by atoms with Crippen LogP contribution in [0.25, 0.3) is 21.6 Å². The fourth-order valence-electron chi connectivity index (χ4n) is 3.67. The molecule has 1 aliphatic rings. The van der Waals surface area contributed by atoms with Crippen LogP contribution in [0.5, 0.6) is 0 Å². The highest BCUT2D eigenvalue weighted by molar-refractivity contribution is 7.13. The summed E-state index contributed by atoms with van der Waals surface area (Å²) in [7, 11) is 1.71. The first kappa shape index (κ1) is 18.2. The summed E-state index contributed by atoms with van der Waals surface area (Å²) in [4.78, 5) is 19.5. The van der Waals surface area contributed by atoms with Crippen LogP contribution in [0.1, 0.15) is 30.3 Å². The number of fused-ring (bicyclic) bond motifs is 1. The normalized spacial score (nSPS) is 15.6. The van der Waals surface area contributed by atoms with Gasteiger partial charge < -0.3 is 14.2 Å². The van der Waals surface area contributed by atoms with E-state index in [0.29, 0.717) is 18.2 Å². The maximum Gasteiger partial charge on any atom is 0.273 e. The maximum absolute atomic E-state index is 12.8. The summed E-state index contributed by atoms with van der Waals surface area (Å²) in [5.74, 6) is 0.764. The number of ether oxygens (including phenoxy) is 1. The van der Waals surface area contributed by atoms with E-state index in [2.05, 4.69) is 29.7 Å². The number of hydrogen-bond acceptors (Lipinski definition) is 4. The Balaban J connectivity index is 1.64. The zero-order valence-corrected chi connectivity index (χ0v) is 16.7. The van der Waals surface area contributed by atoms with Crippen LogP contribution in [0.3, 0.4) is 0 Å². The Morgan fingerprint density at radius 2 is 2.07 bits per heavy atom. The van der Waals surface area contributed by atoms with Gasteiger partial charge in [-0.05, 0) is 30.9 Å². The number of hydrogen-bond donors (Lipinski definition) is 0. The second kappa shape index (κ2) is 7.82. The molecule has 3 heterocycles. The number of carbonyl (C=O) groups is 1. The zero-order valence-electron chi connectivity index (χ0n) is 15.9. The second-order valence-corrected chi connectivity index (χ2v) is 8.10. The first-order chi connectivity index (χ1) is 13.2. The van der Waals surface area contributed by atoms with Gasteiger partial charge in [0.15, 0.2) is 0 Å². The SMILES string of the molecule is COCCn1c(-c2nc(C(=O)N3CCC(C)CC3)cs2)cc2ccccc21. The molecule has 0 unspecified atom stereocenters. The fourth-order valence-corrected chi connectivity index (χ4v) is 4.49. The number of thiazole rings is 1. The minimum absolute atomic E-state index is 0.0592. The highest BCUT2D eigenvalue weighted by atomic mass is 32.1. The molecule has 142 valence electrons. The summed E-state index contributed by atoms with van der Waals surface area (Å²) in [5.41, 5.74) is 2.77. The Labute approximate surface area is 163 Å². The lowest BCUT2D eigenvalue weighted by atomic mass is 9.99. The van der Waals surface area contributed by atoms with Crippen molar-refractivity contribution in [3.05, 3.63) is 41.4 Å². The number of likely N-dealkylation sites (tertiary alicyclic amines) is 1. The number of carbonyl (C=O) groups excluding carboxylic acids is 1. The van der Waals surface area contributed by atoms with E-state index in [4.69, 9.17) is 9.72 Å². The molecule has 27 heavy (non-hydrogen) atoms. The van der Waals surface area contributed by atoms with Crippen molar-refractivity contribution in [1.82, 2.24) is 14.5 Å². The lowest BCUT2D eigenvalue weighted by Gasteiger charge is -2.29. The number of nitrogens with zero attached hydrogens (tertiary/aromatic N) is 3. The van der Waals surface area contributed by atoms with Crippen LogP contribution in [0, 0.1) is 5.92 Å². The van der Waals surface area contributed by atoms with Crippen molar-refractivity contribution < 1.29 is 9.53 Å². The molecular formula is C21H25N3O2S. The van der Waals surface area contributed by atoms with Crippen LogP contribution in [0.2, 0.25) is 0 Å². The lowest BCUT2D eigenvalue weighted by Crippen LogP contribution is -2.38.